The zero-order chi connectivity index (χ0) is 17.7. The second kappa shape index (κ2) is 7.59. The molecule has 2 aromatic carbocycles. The first-order valence-corrected chi connectivity index (χ1v) is 7.70. The fraction of sp³-hybridized carbons (Fsp3) is 0.278. The van der Waals surface area contributed by atoms with Gasteiger partial charge in [-0.25, -0.2) is 0 Å². The summed E-state index contributed by atoms with van der Waals surface area (Å²) in [6, 6.07) is 12.0. The number of nitrogens with one attached hydrogen (secondary N) is 1. The first-order chi connectivity index (χ1) is 11.4. The number of nitro groups is 1. The maximum Gasteiger partial charge on any atom is 0.274 e. The number of ether oxygens (including phenoxy) is 1. The first-order valence-electron chi connectivity index (χ1n) is 7.70. The molecule has 0 aliphatic rings. The number of anilines is 1. The Morgan fingerprint density at radius 3 is 2.58 bits per heavy atom. The third-order valence-corrected chi connectivity index (χ3v) is 3.69. The van der Waals surface area contributed by atoms with E-state index in [1.807, 2.05) is 32.0 Å². The Hall–Kier alpha value is -2.89. The highest BCUT2D eigenvalue weighted by Gasteiger charge is 2.21. The molecule has 0 radical (unpaired) electrons. The van der Waals surface area contributed by atoms with E-state index in [0.29, 0.717) is 23.4 Å². The van der Waals surface area contributed by atoms with E-state index in [1.165, 1.54) is 6.07 Å². The number of amides is 1. The molecule has 6 nitrogen and oxygen atoms in total. The van der Waals surface area contributed by atoms with Crippen LogP contribution in [0.5, 0.6) is 5.75 Å². The Labute approximate surface area is 140 Å². The number of nitro benzene ring substituents is 1. The van der Waals surface area contributed by atoms with E-state index >= 15 is 0 Å². The summed E-state index contributed by atoms with van der Waals surface area (Å²) in [6.07, 6.45) is -0.196. The molecule has 2 rings (SSSR count). The van der Waals surface area contributed by atoms with Crippen molar-refractivity contribution < 1.29 is 14.5 Å². The molecule has 1 amide bonds. The number of nitrogens with zero attached hydrogens (tertiary/aromatic N) is 1. The smallest absolute Gasteiger partial charge is 0.274 e. The molecule has 2 aromatic rings. The number of rotatable bonds is 6. The summed E-state index contributed by atoms with van der Waals surface area (Å²) < 4.78 is 5.75. The second-order valence-electron chi connectivity index (χ2n) is 5.53. The largest absolute Gasteiger partial charge is 0.481 e. The van der Waals surface area contributed by atoms with Gasteiger partial charge >= 0.3 is 0 Å². The molecule has 126 valence electrons. The molecule has 0 aromatic heterocycles. The van der Waals surface area contributed by atoms with Gasteiger partial charge in [-0.05, 0) is 44.0 Å². The number of benzene rings is 2. The van der Waals surface area contributed by atoms with Crippen LogP contribution < -0.4 is 10.1 Å². The van der Waals surface area contributed by atoms with Crippen molar-refractivity contribution in [2.45, 2.75) is 33.3 Å². The summed E-state index contributed by atoms with van der Waals surface area (Å²) in [7, 11) is 0. The molecule has 0 saturated heterocycles. The van der Waals surface area contributed by atoms with Crippen molar-refractivity contribution in [3.63, 3.8) is 0 Å². The maximum atomic E-state index is 12.5. The van der Waals surface area contributed by atoms with Crippen molar-refractivity contribution in [3.05, 3.63) is 63.7 Å². The molecular weight excluding hydrogens is 308 g/mol. The molecule has 1 atom stereocenters. The normalized spacial score (nSPS) is 11.6. The highest BCUT2D eigenvalue weighted by atomic mass is 16.6. The number of carbonyl (C=O) groups excluding carboxylic acids is 1. The average molecular weight is 328 g/mol. The predicted octanol–water partition coefficient (Wildman–Crippen LogP) is 4.01. The van der Waals surface area contributed by atoms with Crippen LogP contribution in [-0.4, -0.2) is 16.9 Å². The summed E-state index contributed by atoms with van der Waals surface area (Å²) >= 11 is 0. The zero-order valence-corrected chi connectivity index (χ0v) is 13.9. The molecule has 6 heteroatoms. The first kappa shape index (κ1) is 17.5. The molecule has 0 aliphatic carbocycles. The third-order valence-electron chi connectivity index (χ3n) is 3.69. The lowest BCUT2D eigenvalue weighted by Gasteiger charge is -2.18. The van der Waals surface area contributed by atoms with Crippen LogP contribution in [0.3, 0.4) is 0 Å². The van der Waals surface area contributed by atoms with Gasteiger partial charge in [0.05, 0.1) is 16.2 Å². The SMILES string of the molecule is CC[C@H](Oc1cccc(C)c1)C(=O)Nc1cccc([N+](=O)[O-])c1C. The van der Waals surface area contributed by atoms with Crippen molar-refractivity contribution in [2.75, 3.05) is 5.32 Å². The zero-order valence-electron chi connectivity index (χ0n) is 13.9. The van der Waals surface area contributed by atoms with Crippen LogP contribution in [0.2, 0.25) is 0 Å². The molecule has 1 N–H and O–H groups in total. The van der Waals surface area contributed by atoms with E-state index in [2.05, 4.69) is 5.32 Å². The summed E-state index contributed by atoms with van der Waals surface area (Å²) in [5.41, 5.74) is 1.85. The Kier molecular flexibility index (Phi) is 5.52. The average Bonchev–Trinajstić information content (AvgIpc) is 2.54. The minimum Gasteiger partial charge on any atom is -0.481 e. The molecule has 0 unspecified atom stereocenters. The van der Waals surface area contributed by atoms with Crippen molar-refractivity contribution in [2.24, 2.45) is 0 Å². The molecule has 0 heterocycles. The van der Waals surface area contributed by atoms with E-state index < -0.39 is 11.0 Å². The minimum absolute atomic E-state index is 0.0274. The van der Waals surface area contributed by atoms with Crippen LogP contribution >= 0.6 is 0 Å². The van der Waals surface area contributed by atoms with Crippen molar-refractivity contribution in [1.29, 1.82) is 0 Å². The van der Waals surface area contributed by atoms with Crippen LogP contribution in [-0.2, 0) is 4.79 Å². The van der Waals surface area contributed by atoms with Gasteiger partial charge in [-0.3, -0.25) is 14.9 Å². The Bertz CT molecular complexity index is 758. The quantitative estimate of drug-likeness (QED) is 0.641. The van der Waals surface area contributed by atoms with Gasteiger partial charge in [0.1, 0.15) is 5.75 Å². The van der Waals surface area contributed by atoms with E-state index in [4.69, 9.17) is 4.74 Å². The van der Waals surface area contributed by atoms with Gasteiger partial charge in [0.25, 0.3) is 11.6 Å². The van der Waals surface area contributed by atoms with Gasteiger partial charge in [-0.15, -0.1) is 0 Å². The monoisotopic (exact) mass is 328 g/mol. The van der Waals surface area contributed by atoms with Crippen LogP contribution in [0.25, 0.3) is 0 Å². The van der Waals surface area contributed by atoms with Crippen LogP contribution in [0, 0.1) is 24.0 Å². The Balaban J connectivity index is 2.15. The number of aryl methyl sites for hydroxylation is 1. The lowest BCUT2D eigenvalue weighted by Crippen LogP contribution is -2.32. The summed E-state index contributed by atoms with van der Waals surface area (Å²) in [5, 5.41) is 13.7. The second-order valence-corrected chi connectivity index (χ2v) is 5.53. The lowest BCUT2D eigenvalue weighted by atomic mass is 10.1. The fourth-order valence-electron chi connectivity index (χ4n) is 2.35. The summed E-state index contributed by atoms with van der Waals surface area (Å²) in [5.74, 6) is 0.287. The predicted molar refractivity (Wildman–Crippen MR) is 92.3 cm³/mol. The molecule has 0 spiro atoms. The fourth-order valence-corrected chi connectivity index (χ4v) is 2.35. The topological polar surface area (TPSA) is 81.5 Å². The molecule has 0 fully saturated rings. The van der Waals surface area contributed by atoms with Crippen molar-refractivity contribution in [3.8, 4) is 5.75 Å². The Morgan fingerprint density at radius 2 is 1.96 bits per heavy atom. The molecule has 0 saturated carbocycles. The van der Waals surface area contributed by atoms with Gasteiger partial charge in [-0.2, -0.15) is 0 Å². The van der Waals surface area contributed by atoms with Crippen LogP contribution in [0.1, 0.15) is 24.5 Å². The molecule has 24 heavy (non-hydrogen) atoms. The molecular formula is C18H20N2O4. The minimum atomic E-state index is -0.675. The van der Waals surface area contributed by atoms with E-state index in [9.17, 15) is 14.9 Å². The molecule has 0 bridgehead atoms. The maximum absolute atomic E-state index is 12.5. The third kappa shape index (κ3) is 4.10. The lowest BCUT2D eigenvalue weighted by molar-refractivity contribution is -0.385. The van der Waals surface area contributed by atoms with Gasteiger partial charge in [0, 0.05) is 6.07 Å². The number of hydrogen-bond acceptors (Lipinski definition) is 4. The van der Waals surface area contributed by atoms with Crippen molar-refractivity contribution in [1.82, 2.24) is 0 Å². The van der Waals surface area contributed by atoms with Crippen molar-refractivity contribution >= 4 is 17.3 Å². The van der Waals surface area contributed by atoms with Gasteiger partial charge in [-0.1, -0.05) is 25.1 Å². The van der Waals surface area contributed by atoms with Crippen LogP contribution in [0.4, 0.5) is 11.4 Å². The standard InChI is InChI=1S/C18H20N2O4/c1-4-17(24-14-8-5-7-12(2)11-14)18(21)19-15-9-6-10-16(13(15)3)20(22)23/h5-11,17H,4H2,1-3H3,(H,19,21)/t17-/m0/s1. The van der Waals surface area contributed by atoms with Gasteiger partial charge < -0.3 is 10.1 Å². The Morgan fingerprint density at radius 1 is 1.25 bits per heavy atom. The van der Waals surface area contributed by atoms with Gasteiger partial charge in [0.15, 0.2) is 6.10 Å². The highest BCUT2D eigenvalue weighted by Crippen LogP contribution is 2.25. The molecule has 0 aliphatic heterocycles. The van der Waals surface area contributed by atoms with Crippen LogP contribution in [0.15, 0.2) is 42.5 Å². The summed E-state index contributed by atoms with van der Waals surface area (Å²) in [6.45, 7) is 5.40. The highest BCUT2D eigenvalue weighted by molar-refractivity contribution is 5.95. The van der Waals surface area contributed by atoms with E-state index in [0.717, 1.165) is 5.56 Å². The summed E-state index contributed by atoms with van der Waals surface area (Å²) in [4.78, 5) is 23.0. The number of hydrogen-bond donors (Lipinski definition) is 1. The number of carbonyl (C=O) groups is 1. The van der Waals surface area contributed by atoms with E-state index in [1.54, 1.807) is 25.1 Å². The van der Waals surface area contributed by atoms with Gasteiger partial charge in [0.2, 0.25) is 0 Å². The van der Waals surface area contributed by atoms with E-state index in [-0.39, 0.29) is 11.6 Å².